The highest BCUT2D eigenvalue weighted by Crippen LogP contribution is 2.33. The third kappa shape index (κ3) is 4.02. The van der Waals surface area contributed by atoms with Crippen LogP contribution in [0, 0.1) is 0 Å². The van der Waals surface area contributed by atoms with Gasteiger partial charge in [-0.15, -0.1) is 0 Å². The number of benzene rings is 2. The lowest BCUT2D eigenvalue weighted by atomic mass is 9.92. The third-order valence-electron chi connectivity index (χ3n) is 4.39. The topological polar surface area (TPSA) is 64.6 Å². The number of ether oxygens (including phenoxy) is 2. The summed E-state index contributed by atoms with van der Waals surface area (Å²) in [4.78, 5) is 0.174. The zero-order chi connectivity index (χ0) is 18.6. The smallest absolute Gasteiger partial charge is 0.265 e. The monoisotopic (exact) mass is 373 g/mol. The summed E-state index contributed by atoms with van der Waals surface area (Å²) >= 11 is 0. The van der Waals surface area contributed by atoms with Crippen LogP contribution in [-0.4, -0.2) is 22.1 Å². The summed E-state index contributed by atoms with van der Waals surface area (Å²) in [6.07, 6.45) is 5.72. The number of hydrogen-bond acceptors (Lipinski definition) is 4. The molecule has 0 fully saturated rings. The molecule has 2 aromatic carbocycles. The summed E-state index contributed by atoms with van der Waals surface area (Å²) < 4.78 is 39.2. The zero-order valence-electron chi connectivity index (χ0n) is 14.8. The molecule has 2 aromatic rings. The van der Waals surface area contributed by atoms with Crippen LogP contribution in [0.15, 0.2) is 53.9 Å². The van der Waals surface area contributed by atoms with Gasteiger partial charge in [0.15, 0.2) is 0 Å². The molecule has 0 radical (unpaired) electrons. The van der Waals surface area contributed by atoms with Crippen LogP contribution >= 0.6 is 0 Å². The van der Waals surface area contributed by atoms with E-state index in [-0.39, 0.29) is 4.90 Å². The minimum atomic E-state index is -3.75. The molecule has 1 aliphatic rings. The summed E-state index contributed by atoms with van der Waals surface area (Å²) in [5.74, 6) is 1.03. The van der Waals surface area contributed by atoms with Crippen LogP contribution in [-0.2, 0) is 22.9 Å². The number of fused-ring (bicyclic) bond motifs is 1. The second-order valence-corrected chi connectivity index (χ2v) is 7.86. The van der Waals surface area contributed by atoms with E-state index in [0.29, 0.717) is 23.8 Å². The summed E-state index contributed by atoms with van der Waals surface area (Å²) in [7, 11) is -2.26. The van der Waals surface area contributed by atoms with Gasteiger partial charge in [-0.1, -0.05) is 12.7 Å². The molecule has 3 rings (SSSR count). The van der Waals surface area contributed by atoms with Crippen LogP contribution < -0.4 is 14.2 Å². The predicted octanol–water partition coefficient (Wildman–Crippen LogP) is 3.94. The second-order valence-electron chi connectivity index (χ2n) is 6.21. The maximum atomic E-state index is 12.9. The molecule has 0 aliphatic heterocycles. The fourth-order valence-corrected chi connectivity index (χ4v) is 4.36. The van der Waals surface area contributed by atoms with E-state index >= 15 is 0 Å². The van der Waals surface area contributed by atoms with Crippen LogP contribution in [0.3, 0.4) is 0 Å². The van der Waals surface area contributed by atoms with Crippen molar-refractivity contribution in [1.29, 1.82) is 0 Å². The Balaban J connectivity index is 1.86. The molecule has 0 heterocycles. The van der Waals surface area contributed by atoms with Gasteiger partial charge >= 0.3 is 0 Å². The van der Waals surface area contributed by atoms with Crippen molar-refractivity contribution in [2.24, 2.45) is 0 Å². The normalized spacial score (nSPS) is 13.6. The van der Waals surface area contributed by atoms with E-state index in [1.54, 1.807) is 36.4 Å². The molecule has 1 N–H and O–H groups in total. The first-order chi connectivity index (χ1) is 12.5. The molecule has 0 saturated carbocycles. The highest BCUT2D eigenvalue weighted by Gasteiger charge is 2.23. The van der Waals surface area contributed by atoms with Gasteiger partial charge in [-0.25, -0.2) is 8.42 Å². The van der Waals surface area contributed by atoms with Gasteiger partial charge in [-0.2, -0.15) is 0 Å². The van der Waals surface area contributed by atoms with E-state index in [0.717, 1.165) is 31.2 Å². The molecule has 5 nitrogen and oxygen atoms in total. The molecule has 0 amide bonds. The van der Waals surface area contributed by atoms with Gasteiger partial charge < -0.3 is 9.47 Å². The molecule has 0 saturated heterocycles. The SMILES string of the molecule is C=CCOc1ccc(NS(=O)(=O)c2cc3c(cc2OC)CCCC3)cc1. The summed E-state index contributed by atoms with van der Waals surface area (Å²) in [5.41, 5.74) is 2.73. The molecular weight excluding hydrogens is 350 g/mol. The summed E-state index contributed by atoms with van der Waals surface area (Å²) in [6.45, 7) is 3.99. The molecule has 26 heavy (non-hydrogen) atoms. The van der Waals surface area contributed by atoms with E-state index < -0.39 is 10.0 Å². The summed E-state index contributed by atoms with van der Waals surface area (Å²) in [6, 6.07) is 10.4. The first-order valence-corrected chi connectivity index (χ1v) is 10.1. The second kappa shape index (κ2) is 7.83. The largest absolute Gasteiger partial charge is 0.495 e. The van der Waals surface area contributed by atoms with Gasteiger partial charge in [-0.05, 0) is 73.2 Å². The molecule has 0 unspecified atom stereocenters. The fraction of sp³-hybridized carbons (Fsp3) is 0.300. The number of nitrogens with one attached hydrogen (secondary N) is 1. The van der Waals surface area contributed by atoms with Crippen molar-refractivity contribution >= 4 is 15.7 Å². The number of anilines is 1. The molecule has 0 aromatic heterocycles. The number of rotatable bonds is 7. The van der Waals surface area contributed by atoms with E-state index in [1.807, 2.05) is 6.07 Å². The highest BCUT2D eigenvalue weighted by atomic mass is 32.2. The molecule has 0 spiro atoms. The van der Waals surface area contributed by atoms with Gasteiger partial charge in [0, 0.05) is 5.69 Å². The van der Waals surface area contributed by atoms with Crippen LogP contribution in [0.5, 0.6) is 11.5 Å². The molecule has 138 valence electrons. The minimum Gasteiger partial charge on any atom is -0.495 e. The average molecular weight is 373 g/mol. The lowest BCUT2D eigenvalue weighted by Gasteiger charge is -2.19. The maximum Gasteiger partial charge on any atom is 0.265 e. The summed E-state index contributed by atoms with van der Waals surface area (Å²) in [5, 5.41) is 0. The van der Waals surface area contributed by atoms with Gasteiger partial charge in [0.05, 0.1) is 7.11 Å². The fourth-order valence-electron chi connectivity index (χ4n) is 3.09. The van der Waals surface area contributed by atoms with Crippen molar-refractivity contribution in [3.05, 3.63) is 60.2 Å². The molecule has 6 heteroatoms. The maximum absolute atomic E-state index is 12.9. The first-order valence-electron chi connectivity index (χ1n) is 8.60. The van der Waals surface area contributed by atoms with Crippen molar-refractivity contribution in [1.82, 2.24) is 0 Å². The highest BCUT2D eigenvalue weighted by molar-refractivity contribution is 7.92. The van der Waals surface area contributed by atoms with Crippen molar-refractivity contribution < 1.29 is 17.9 Å². The Morgan fingerprint density at radius 1 is 1.12 bits per heavy atom. The van der Waals surface area contributed by atoms with Crippen molar-refractivity contribution in [3.63, 3.8) is 0 Å². The molecule has 0 bridgehead atoms. The van der Waals surface area contributed by atoms with Crippen LogP contribution in [0.4, 0.5) is 5.69 Å². The predicted molar refractivity (Wildman–Crippen MR) is 103 cm³/mol. The van der Waals surface area contributed by atoms with Crippen molar-refractivity contribution in [3.8, 4) is 11.5 Å². The van der Waals surface area contributed by atoms with E-state index in [1.165, 1.54) is 12.7 Å². The Bertz CT molecular complexity index is 889. The first kappa shape index (κ1) is 18.3. The Labute approximate surface area is 154 Å². The number of sulfonamides is 1. The van der Waals surface area contributed by atoms with Gasteiger partial charge in [-0.3, -0.25) is 4.72 Å². The number of hydrogen-bond donors (Lipinski definition) is 1. The van der Waals surface area contributed by atoms with Crippen molar-refractivity contribution in [2.45, 2.75) is 30.6 Å². The third-order valence-corrected chi connectivity index (χ3v) is 5.79. The Hall–Kier alpha value is -2.47. The Morgan fingerprint density at radius 2 is 1.77 bits per heavy atom. The van der Waals surface area contributed by atoms with Gasteiger partial charge in [0.1, 0.15) is 23.0 Å². The quantitative estimate of drug-likeness (QED) is 0.747. The minimum absolute atomic E-state index is 0.174. The Kier molecular flexibility index (Phi) is 5.52. The Morgan fingerprint density at radius 3 is 2.38 bits per heavy atom. The molecular formula is C20H23NO4S. The lowest BCUT2D eigenvalue weighted by molar-refractivity contribution is 0.363. The van der Waals surface area contributed by atoms with E-state index in [4.69, 9.17) is 9.47 Å². The average Bonchev–Trinajstić information content (AvgIpc) is 2.66. The standard InChI is InChI=1S/C20H23NO4S/c1-3-12-25-18-10-8-17(9-11-18)21-26(22,23)20-14-16-7-5-4-6-15(16)13-19(20)24-2/h3,8-11,13-14,21H,1,4-7,12H2,2H3. The van der Waals surface area contributed by atoms with Gasteiger partial charge in [0.25, 0.3) is 10.0 Å². The van der Waals surface area contributed by atoms with Crippen LogP contribution in [0.1, 0.15) is 24.0 Å². The number of methoxy groups -OCH3 is 1. The van der Waals surface area contributed by atoms with Crippen LogP contribution in [0.25, 0.3) is 0 Å². The van der Waals surface area contributed by atoms with E-state index in [2.05, 4.69) is 11.3 Å². The molecule has 1 aliphatic carbocycles. The lowest BCUT2D eigenvalue weighted by Crippen LogP contribution is -2.16. The number of aryl methyl sites for hydroxylation is 2. The van der Waals surface area contributed by atoms with Crippen LogP contribution in [0.2, 0.25) is 0 Å². The van der Waals surface area contributed by atoms with E-state index in [9.17, 15) is 8.42 Å². The van der Waals surface area contributed by atoms with Crippen molar-refractivity contribution in [2.75, 3.05) is 18.4 Å². The zero-order valence-corrected chi connectivity index (χ0v) is 15.6. The van der Waals surface area contributed by atoms with Gasteiger partial charge in [0.2, 0.25) is 0 Å². The molecule has 0 atom stereocenters.